The van der Waals surface area contributed by atoms with Gasteiger partial charge in [-0.05, 0) is 30.4 Å². The number of nitrogens with one attached hydrogen (secondary N) is 2. The molecule has 0 amide bonds. The van der Waals surface area contributed by atoms with Gasteiger partial charge in [-0.2, -0.15) is 0 Å². The molecule has 0 aliphatic heterocycles. The predicted octanol–water partition coefficient (Wildman–Crippen LogP) is 3.61. The second-order valence-corrected chi connectivity index (χ2v) is 3.85. The van der Waals surface area contributed by atoms with Crippen molar-refractivity contribution in [1.29, 1.82) is 0 Å². The minimum absolute atomic E-state index is 0.514. The van der Waals surface area contributed by atoms with Crippen LogP contribution in [0.15, 0.2) is 18.2 Å². The summed E-state index contributed by atoms with van der Waals surface area (Å²) in [5, 5.41) is 1.59. The van der Waals surface area contributed by atoms with Gasteiger partial charge < -0.3 is 9.97 Å². The number of hydrogen-bond donors (Lipinski definition) is 2. The van der Waals surface area contributed by atoms with E-state index >= 15 is 0 Å². The SMILES string of the molecule is S=c1[nH]c(=S)c2ccc(Cl)cc2[nH]1. The van der Waals surface area contributed by atoms with Gasteiger partial charge in [0, 0.05) is 10.4 Å². The Bertz CT molecular complexity index is 570. The molecule has 0 aliphatic rings. The first-order chi connectivity index (χ1) is 6.16. The number of benzene rings is 1. The van der Waals surface area contributed by atoms with Crippen LogP contribution in [-0.4, -0.2) is 9.97 Å². The van der Waals surface area contributed by atoms with Gasteiger partial charge in [0.1, 0.15) is 4.64 Å². The minimum Gasteiger partial charge on any atom is -0.332 e. The highest BCUT2D eigenvalue weighted by molar-refractivity contribution is 7.72. The van der Waals surface area contributed by atoms with Crippen molar-refractivity contribution in [2.24, 2.45) is 0 Å². The molecule has 2 aromatic rings. The van der Waals surface area contributed by atoms with Gasteiger partial charge in [-0.15, -0.1) is 0 Å². The van der Waals surface area contributed by atoms with E-state index in [0.717, 1.165) is 10.9 Å². The van der Waals surface area contributed by atoms with Gasteiger partial charge in [0.2, 0.25) is 0 Å². The third kappa shape index (κ3) is 1.65. The molecule has 0 unspecified atom stereocenters. The Morgan fingerprint density at radius 1 is 1.15 bits per heavy atom. The Morgan fingerprint density at radius 2 is 1.92 bits per heavy atom. The fraction of sp³-hybridized carbons (Fsp3) is 0. The van der Waals surface area contributed by atoms with Crippen LogP contribution in [0.25, 0.3) is 10.9 Å². The fourth-order valence-corrected chi connectivity index (χ4v) is 1.87. The van der Waals surface area contributed by atoms with Crippen molar-refractivity contribution >= 4 is 46.9 Å². The summed E-state index contributed by atoms with van der Waals surface area (Å²) in [4.78, 5) is 5.84. The van der Waals surface area contributed by atoms with E-state index < -0.39 is 0 Å². The standard InChI is InChI=1S/C8H5ClN2S2/c9-4-1-2-5-6(3-4)10-8(13)11-7(5)12/h1-3H,(H2,10,11,12,13). The van der Waals surface area contributed by atoms with Crippen molar-refractivity contribution in [1.82, 2.24) is 9.97 Å². The van der Waals surface area contributed by atoms with Crippen LogP contribution in [0.4, 0.5) is 0 Å². The van der Waals surface area contributed by atoms with E-state index in [4.69, 9.17) is 36.0 Å². The quantitative estimate of drug-likeness (QED) is 0.675. The minimum atomic E-state index is 0.514. The van der Waals surface area contributed by atoms with Crippen LogP contribution in [0.5, 0.6) is 0 Å². The molecule has 2 N–H and O–H groups in total. The zero-order valence-corrected chi connectivity index (χ0v) is 8.82. The molecule has 1 heterocycles. The molecule has 2 nitrogen and oxygen atoms in total. The normalized spacial score (nSPS) is 10.5. The third-order valence-corrected chi connectivity index (χ3v) is 2.46. The Morgan fingerprint density at radius 3 is 2.69 bits per heavy atom. The van der Waals surface area contributed by atoms with Gasteiger partial charge in [-0.25, -0.2) is 0 Å². The van der Waals surface area contributed by atoms with E-state index in [-0.39, 0.29) is 0 Å². The molecule has 0 spiro atoms. The summed E-state index contributed by atoms with van der Waals surface area (Å²) in [5.74, 6) is 0. The Balaban J connectivity index is 3.03. The van der Waals surface area contributed by atoms with Crippen LogP contribution < -0.4 is 0 Å². The van der Waals surface area contributed by atoms with E-state index in [1.165, 1.54) is 0 Å². The first-order valence-electron chi connectivity index (χ1n) is 3.59. The highest BCUT2D eigenvalue weighted by Crippen LogP contribution is 2.17. The Hall–Kier alpha value is -0.710. The van der Waals surface area contributed by atoms with Crippen LogP contribution in [0.2, 0.25) is 5.02 Å². The van der Waals surface area contributed by atoms with Crippen molar-refractivity contribution in [2.45, 2.75) is 0 Å². The molecule has 2 rings (SSSR count). The second-order valence-electron chi connectivity index (χ2n) is 2.60. The summed E-state index contributed by atoms with van der Waals surface area (Å²) >= 11 is 15.9. The fourth-order valence-electron chi connectivity index (χ4n) is 1.14. The molecule has 0 aliphatic carbocycles. The van der Waals surface area contributed by atoms with Crippen LogP contribution in [0.3, 0.4) is 0 Å². The van der Waals surface area contributed by atoms with Crippen molar-refractivity contribution in [3.05, 3.63) is 32.6 Å². The Kier molecular flexibility index (Phi) is 2.19. The van der Waals surface area contributed by atoms with Crippen LogP contribution in [0.1, 0.15) is 0 Å². The average Bonchev–Trinajstić information content (AvgIpc) is 2.02. The smallest absolute Gasteiger partial charge is 0.175 e. The van der Waals surface area contributed by atoms with Crippen LogP contribution in [0, 0.1) is 9.41 Å². The zero-order valence-electron chi connectivity index (χ0n) is 6.43. The van der Waals surface area contributed by atoms with Crippen LogP contribution >= 0.6 is 36.0 Å². The lowest BCUT2D eigenvalue weighted by Gasteiger charge is -1.98. The van der Waals surface area contributed by atoms with Gasteiger partial charge in [0.05, 0.1) is 5.52 Å². The van der Waals surface area contributed by atoms with Crippen LogP contribution in [-0.2, 0) is 0 Å². The summed E-state index contributed by atoms with van der Waals surface area (Å²) in [6.45, 7) is 0. The lowest BCUT2D eigenvalue weighted by molar-refractivity contribution is 1.17. The van der Waals surface area contributed by atoms with E-state index in [2.05, 4.69) is 9.97 Å². The molecule has 5 heteroatoms. The average molecular weight is 229 g/mol. The summed E-state index contributed by atoms with van der Waals surface area (Å²) < 4.78 is 1.15. The topological polar surface area (TPSA) is 31.6 Å². The molecular weight excluding hydrogens is 224 g/mol. The highest BCUT2D eigenvalue weighted by atomic mass is 35.5. The van der Waals surface area contributed by atoms with Crippen molar-refractivity contribution in [3.63, 3.8) is 0 Å². The molecule has 0 fully saturated rings. The molecule has 1 aromatic carbocycles. The molecule has 0 saturated carbocycles. The van der Waals surface area contributed by atoms with E-state index in [1.54, 1.807) is 12.1 Å². The zero-order chi connectivity index (χ0) is 9.42. The summed E-state index contributed by atoms with van der Waals surface area (Å²) in [6, 6.07) is 5.46. The number of rotatable bonds is 0. The number of halogens is 1. The number of H-pyrrole nitrogens is 2. The Labute approximate surface area is 89.6 Å². The highest BCUT2D eigenvalue weighted by Gasteiger charge is 1.96. The predicted molar refractivity (Wildman–Crippen MR) is 59.3 cm³/mol. The largest absolute Gasteiger partial charge is 0.332 e. The molecule has 0 radical (unpaired) electrons. The maximum Gasteiger partial charge on any atom is 0.175 e. The van der Waals surface area contributed by atoms with E-state index in [0.29, 0.717) is 14.4 Å². The van der Waals surface area contributed by atoms with Crippen molar-refractivity contribution in [3.8, 4) is 0 Å². The number of aromatic amines is 2. The first kappa shape index (κ1) is 8.87. The summed E-state index contributed by atoms with van der Waals surface area (Å²) in [7, 11) is 0. The molecule has 13 heavy (non-hydrogen) atoms. The first-order valence-corrected chi connectivity index (χ1v) is 4.78. The monoisotopic (exact) mass is 228 g/mol. The van der Waals surface area contributed by atoms with E-state index in [9.17, 15) is 0 Å². The number of fused-ring (bicyclic) bond motifs is 1. The van der Waals surface area contributed by atoms with Gasteiger partial charge >= 0.3 is 0 Å². The number of aromatic nitrogens is 2. The third-order valence-electron chi connectivity index (χ3n) is 1.70. The lowest BCUT2D eigenvalue weighted by Crippen LogP contribution is -1.85. The van der Waals surface area contributed by atoms with E-state index in [1.807, 2.05) is 6.07 Å². The lowest BCUT2D eigenvalue weighted by atomic mass is 10.2. The summed E-state index contributed by atoms with van der Waals surface area (Å²) in [6.07, 6.45) is 0. The molecular formula is C8H5ClN2S2. The van der Waals surface area contributed by atoms with Gasteiger partial charge in [0.15, 0.2) is 4.77 Å². The van der Waals surface area contributed by atoms with Crippen molar-refractivity contribution < 1.29 is 0 Å². The molecule has 1 aromatic heterocycles. The molecule has 0 bridgehead atoms. The summed E-state index contributed by atoms with van der Waals surface area (Å²) in [5.41, 5.74) is 0.862. The number of hydrogen-bond acceptors (Lipinski definition) is 2. The second kappa shape index (κ2) is 3.21. The van der Waals surface area contributed by atoms with Gasteiger partial charge in [0.25, 0.3) is 0 Å². The van der Waals surface area contributed by atoms with Crippen molar-refractivity contribution in [2.75, 3.05) is 0 Å². The molecule has 0 saturated heterocycles. The maximum atomic E-state index is 5.83. The van der Waals surface area contributed by atoms with Gasteiger partial charge in [-0.1, -0.05) is 23.8 Å². The van der Waals surface area contributed by atoms with Gasteiger partial charge in [-0.3, -0.25) is 0 Å². The maximum absolute atomic E-state index is 5.83. The molecule has 0 atom stereocenters. The molecule has 66 valence electrons.